The smallest absolute Gasteiger partial charge is 0.339 e. The number of benzene rings is 3. The van der Waals surface area contributed by atoms with Crippen LogP contribution in [0.3, 0.4) is 0 Å². The number of hydrogen-bond donors (Lipinski definition) is 1. The number of nitrogens with one attached hydrogen (secondary N) is 1. The lowest BCUT2D eigenvalue weighted by molar-refractivity contribution is 0.327. The highest BCUT2D eigenvalue weighted by molar-refractivity contribution is 7.87. The lowest BCUT2D eigenvalue weighted by Crippen LogP contribution is -2.11. The summed E-state index contributed by atoms with van der Waals surface area (Å²) in [7, 11) is -4.20. The predicted molar refractivity (Wildman–Crippen MR) is 131 cm³/mol. The number of aromatic nitrogens is 2. The van der Waals surface area contributed by atoms with Crippen LogP contribution in [0.25, 0.3) is 22.7 Å². The normalized spacial score (nSPS) is 11.9. The van der Waals surface area contributed by atoms with Gasteiger partial charge in [0.15, 0.2) is 5.75 Å². The molecule has 0 aliphatic rings. The van der Waals surface area contributed by atoms with E-state index in [0.29, 0.717) is 16.4 Å². The molecule has 0 amide bonds. The molecule has 7 nitrogen and oxygen atoms in total. The van der Waals surface area contributed by atoms with Crippen LogP contribution in [0, 0.1) is 11.3 Å². The molecule has 0 fully saturated rings. The molecule has 0 aliphatic heterocycles. The number of aromatic amines is 1. The Kier molecular flexibility index (Phi) is 6.80. The van der Waals surface area contributed by atoms with Gasteiger partial charge in [0.25, 0.3) is 0 Å². The Morgan fingerprint density at radius 1 is 1.15 bits per heavy atom. The number of para-hydroxylation sites is 2. The van der Waals surface area contributed by atoms with Gasteiger partial charge in [0.1, 0.15) is 16.8 Å². The van der Waals surface area contributed by atoms with Crippen molar-refractivity contribution >= 4 is 56.0 Å². The maximum Gasteiger partial charge on any atom is 0.339 e. The van der Waals surface area contributed by atoms with Crippen LogP contribution >= 0.6 is 23.2 Å². The van der Waals surface area contributed by atoms with E-state index in [2.05, 4.69) is 16.0 Å². The van der Waals surface area contributed by atoms with Gasteiger partial charge < -0.3 is 13.9 Å². The molecular weight excluding hydrogens is 497 g/mol. The van der Waals surface area contributed by atoms with E-state index in [1.807, 2.05) is 24.3 Å². The SMILES string of the molecule is CCOc1cc(/C=C(\C#N)c2nc3ccccc3[nH]2)cc(Cl)c1OS(=O)(=O)c1ccc(Cl)cc1. The van der Waals surface area contributed by atoms with Crippen LogP contribution in [0.4, 0.5) is 0 Å². The van der Waals surface area contributed by atoms with E-state index in [9.17, 15) is 13.7 Å². The van der Waals surface area contributed by atoms with E-state index in [-0.39, 0.29) is 33.6 Å². The number of imidazole rings is 1. The lowest BCUT2D eigenvalue weighted by atomic mass is 10.1. The Labute approximate surface area is 206 Å². The van der Waals surface area contributed by atoms with Gasteiger partial charge in [-0.05, 0) is 67.1 Å². The van der Waals surface area contributed by atoms with Crippen LogP contribution in [-0.2, 0) is 10.1 Å². The first-order chi connectivity index (χ1) is 16.3. The summed E-state index contributed by atoms with van der Waals surface area (Å²) in [5, 5.41) is 10.1. The molecule has 0 radical (unpaired) electrons. The van der Waals surface area contributed by atoms with Crippen LogP contribution in [0.2, 0.25) is 10.0 Å². The highest BCUT2D eigenvalue weighted by Crippen LogP contribution is 2.39. The minimum absolute atomic E-state index is 0.00312. The van der Waals surface area contributed by atoms with Crippen molar-refractivity contribution in [2.75, 3.05) is 6.61 Å². The van der Waals surface area contributed by atoms with E-state index in [1.54, 1.807) is 19.1 Å². The van der Waals surface area contributed by atoms with Crippen LogP contribution in [0.1, 0.15) is 18.3 Å². The predicted octanol–water partition coefficient (Wildman–Crippen LogP) is 6.10. The maximum atomic E-state index is 12.8. The summed E-state index contributed by atoms with van der Waals surface area (Å²) in [6.45, 7) is 1.97. The van der Waals surface area contributed by atoms with Crippen molar-refractivity contribution in [2.24, 2.45) is 0 Å². The number of rotatable bonds is 7. The first-order valence-corrected chi connectivity index (χ1v) is 12.2. The van der Waals surface area contributed by atoms with Crippen LogP contribution in [-0.4, -0.2) is 25.0 Å². The van der Waals surface area contributed by atoms with Crippen LogP contribution < -0.4 is 8.92 Å². The molecule has 34 heavy (non-hydrogen) atoms. The van der Waals surface area contributed by atoms with Gasteiger partial charge in [-0.15, -0.1) is 0 Å². The van der Waals surface area contributed by atoms with Crippen LogP contribution in [0.15, 0.2) is 65.6 Å². The summed E-state index contributed by atoms with van der Waals surface area (Å²) in [4.78, 5) is 7.46. The Bertz CT molecular complexity index is 1510. The number of hydrogen-bond acceptors (Lipinski definition) is 6. The molecule has 4 rings (SSSR count). The molecule has 10 heteroatoms. The van der Waals surface area contributed by atoms with Crippen molar-refractivity contribution in [1.82, 2.24) is 9.97 Å². The molecule has 1 aromatic heterocycles. The topological polar surface area (TPSA) is 105 Å². The number of nitrogens with zero attached hydrogens (tertiary/aromatic N) is 2. The van der Waals surface area contributed by atoms with Gasteiger partial charge in [-0.3, -0.25) is 0 Å². The van der Waals surface area contributed by atoms with Crippen LogP contribution in [0.5, 0.6) is 11.5 Å². The highest BCUT2D eigenvalue weighted by Gasteiger charge is 2.22. The first kappa shape index (κ1) is 23.6. The second-order valence-electron chi connectivity index (χ2n) is 7.03. The van der Waals surface area contributed by atoms with E-state index in [4.69, 9.17) is 32.1 Å². The van der Waals surface area contributed by atoms with Gasteiger partial charge in [-0.1, -0.05) is 35.3 Å². The minimum Gasteiger partial charge on any atom is -0.490 e. The molecule has 172 valence electrons. The zero-order chi connectivity index (χ0) is 24.3. The summed E-state index contributed by atoms with van der Waals surface area (Å²) >= 11 is 12.2. The van der Waals surface area contributed by atoms with Crippen molar-refractivity contribution in [2.45, 2.75) is 11.8 Å². The zero-order valence-electron chi connectivity index (χ0n) is 17.7. The van der Waals surface area contributed by atoms with Gasteiger partial charge in [-0.2, -0.15) is 13.7 Å². The fraction of sp³-hybridized carbons (Fsp3) is 0.0833. The Morgan fingerprint density at radius 2 is 1.88 bits per heavy atom. The monoisotopic (exact) mass is 513 g/mol. The molecule has 0 unspecified atom stereocenters. The number of halogens is 2. The largest absolute Gasteiger partial charge is 0.490 e. The number of H-pyrrole nitrogens is 1. The Hall–Kier alpha value is -3.51. The maximum absolute atomic E-state index is 12.8. The molecular formula is C24H17Cl2N3O4S. The number of fused-ring (bicyclic) bond motifs is 1. The Morgan fingerprint density at radius 3 is 2.56 bits per heavy atom. The molecule has 0 bridgehead atoms. The third-order valence-electron chi connectivity index (χ3n) is 4.70. The lowest BCUT2D eigenvalue weighted by Gasteiger charge is -2.14. The molecule has 1 heterocycles. The van der Waals surface area contributed by atoms with Crippen molar-refractivity contribution < 1.29 is 17.3 Å². The van der Waals surface area contributed by atoms with Gasteiger partial charge in [0.05, 0.1) is 28.2 Å². The summed E-state index contributed by atoms with van der Waals surface area (Å²) in [6.07, 6.45) is 1.57. The van der Waals surface area contributed by atoms with Crippen molar-refractivity contribution in [3.8, 4) is 17.6 Å². The number of nitriles is 1. The summed E-state index contributed by atoms with van der Waals surface area (Å²) < 4.78 is 36.4. The third-order valence-corrected chi connectivity index (χ3v) is 6.47. The molecule has 0 atom stereocenters. The fourth-order valence-electron chi connectivity index (χ4n) is 3.17. The molecule has 1 N–H and O–H groups in total. The summed E-state index contributed by atoms with van der Waals surface area (Å²) in [5.41, 5.74) is 2.28. The standard InChI is InChI=1S/C24H17Cl2N3O4S/c1-2-32-22-13-15(11-16(14-27)24-28-20-5-3-4-6-21(20)29-24)12-19(26)23(22)33-34(30,31)18-9-7-17(25)8-10-18/h3-13H,2H2,1H3,(H,28,29)/b16-11+. The number of ether oxygens (including phenoxy) is 1. The molecule has 4 aromatic rings. The molecule has 0 saturated carbocycles. The summed E-state index contributed by atoms with van der Waals surface area (Å²) in [6, 6.07) is 18.1. The Balaban J connectivity index is 1.73. The molecule has 0 spiro atoms. The van der Waals surface area contributed by atoms with Gasteiger partial charge in [0.2, 0.25) is 5.75 Å². The van der Waals surface area contributed by atoms with Gasteiger partial charge >= 0.3 is 10.1 Å². The van der Waals surface area contributed by atoms with Crippen molar-refractivity contribution in [1.29, 1.82) is 5.26 Å². The second-order valence-corrected chi connectivity index (χ2v) is 9.42. The van der Waals surface area contributed by atoms with Crippen molar-refractivity contribution in [3.05, 3.63) is 82.1 Å². The van der Waals surface area contributed by atoms with Gasteiger partial charge in [-0.25, -0.2) is 4.98 Å². The quantitative estimate of drug-likeness (QED) is 0.236. The van der Waals surface area contributed by atoms with E-state index in [0.717, 1.165) is 11.0 Å². The average molecular weight is 514 g/mol. The molecule has 3 aromatic carbocycles. The van der Waals surface area contributed by atoms with Crippen molar-refractivity contribution in [3.63, 3.8) is 0 Å². The zero-order valence-corrected chi connectivity index (χ0v) is 20.1. The number of allylic oxidation sites excluding steroid dienone is 1. The highest BCUT2D eigenvalue weighted by atomic mass is 35.5. The minimum atomic E-state index is -4.20. The average Bonchev–Trinajstić information content (AvgIpc) is 3.24. The first-order valence-electron chi connectivity index (χ1n) is 10.0. The molecule has 0 saturated heterocycles. The molecule has 0 aliphatic carbocycles. The van der Waals surface area contributed by atoms with E-state index in [1.165, 1.54) is 30.3 Å². The fourth-order valence-corrected chi connectivity index (χ4v) is 4.56. The second kappa shape index (κ2) is 9.77. The van der Waals surface area contributed by atoms with E-state index >= 15 is 0 Å². The van der Waals surface area contributed by atoms with E-state index < -0.39 is 10.1 Å². The van der Waals surface area contributed by atoms with Gasteiger partial charge in [0, 0.05) is 5.02 Å². The third kappa shape index (κ3) is 5.02. The summed E-state index contributed by atoms with van der Waals surface area (Å²) in [5.74, 6) is 0.349.